The van der Waals surface area contributed by atoms with Crippen LogP contribution in [-0.4, -0.2) is 24.6 Å². The zero-order valence-electron chi connectivity index (χ0n) is 11.7. The van der Waals surface area contributed by atoms with Gasteiger partial charge in [-0.05, 0) is 37.9 Å². The lowest BCUT2D eigenvalue weighted by atomic mass is 10.1. The van der Waals surface area contributed by atoms with Crippen molar-refractivity contribution < 1.29 is 0 Å². The van der Waals surface area contributed by atoms with Crippen LogP contribution in [0.5, 0.6) is 0 Å². The summed E-state index contributed by atoms with van der Waals surface area (Å²) in [7, 11) is 2.12. The minimum atomic E-state index is 0.489. The Morgan fingerprint density at radius 2 is 2.00 bits per heavy atom. The van der Waals surface area contributed by atoms with E-state index in [0.717, 1.165) is 13.1 Å². The number of hydrogen-bond acceptors (Lipinski definition) is 3. The Kier molecular flexibility index (Phi) is 5.42. The van der Waals surface area contributed by atoms with Crippen molar-refractivity contribution in [2.75, 3.05) is 18.5 Å². The first kappa shape index (κ1) is 14.0. The summed E-state index contributed by atoms with van der Waals surface area (Å²) < 4.78 is 0. The van der Waals surface area contributed by atoms with Gasteiger partial charge in [0.2, 0.25) is 0 Å². The summed E-state index contributed by atoms with van der Waals surface area (Å²) in [5, 5.41) is 3.48. The van der Waals surface area contributed by atoms with Crippen molar-refractivity contribution in [3.63, 3.8) is 0 Å². The van der Waals surface area contributed by atoms with E-state index in [1.165, 1.54) is 11.3 Å². The Balaban J connectivity index is 2.71. The van der Waals surface area contributed by atoms with Crippen LogP contribution in [-0.2, 0) is 6.54 Å². The van der Waals surface area contributed by atoms with E-state index in [-0.39, 0.29) is 0 Å². The number of pyridine rings is 1. The molecule has 0 fully saturated rings. The maximum atomic E-state index is 4.22. The van der Waals surface area contributed by atoms with Crippen molar-refractivity contribution in [1.82, 2.24) is 10.3 Å². The minimum absolute atomic E-state index is 0.489. The van der Waals surface area contributed by atoms with Gasteiger partial charge in [-0.15, -0.1) is 0 Å². The van der Waals surface area contributed by atoms with E-state index >= 15 is 0 Å². The number of nitrogens with one attached hydrogen (secondary N) is 1. The van der Waals surface area contributed by atoms with Gasteiger partial charge in [0.25, 0.3) is 0 Å². The summed E-state index contributed by atoms with van der Waals surface area (Å²) in [6.45, 7) is 10.8. The van der Waals surface area contributed by atoms with Gasteiger partial charge in [-0.3, -0.25) is 4.98 Å². The predicted molar refractivity (Wildman–Crippen MR) is 74.3 cm³/mol. The average molecular weight is 235 g/mol. The molecule has 0 aromatic carbocycles. The van der Waals surface area contributed by atoms with Crippen molar-refractivity contribution in [1.29, 1.82) is 0 Å². The van der Waals surface area contributed by atoms with Gasteiger partial charge in [-0.25, -0.2) is 0 Å². The molecule has 1 aromatic heterocycles. The lowest BCUT2D eigenvalue weighted by molar-refractivity contribution is 0.551. The molecule has 1 aromatic rings. The van der Waals surface area contributed by atoms with E-state index < -0.39 is 0 Å². The monoisotopic (exact) mass is 235 g/mol. The van der Waals surface area contributed by atoms with Crippen LogP contribution >= 0.6 is 0 Å². The van der Waals surface area contributed by atoms with Gasteiger partial charge in [0, 0.05) is 25.8 Å². The minimum Gasteiger partial charge on any atom is -0.371 e. The van der Waals surface area contributed by atoms with E-state index in [9.17, 15) is 0 Å². The van der Waals surface area contributed by atoms with Gasteiger partial charge in [0.05, 0.1) is 11.9 Å². The number of nitrogens with zero attached hydrogens (tertiary/aromatic N) is 2. The highest BCUT2D eigenvalue weighted by molar-refractivity contribution is 5.51. The Morgan fingerprint density at radius 1 is 1.29 bits per heavy atom. The molecule has 0 saturated heterocycles. The summed E-state index contributed by atoms with van der Waals surface area (Å²) in [5.41, 5.74) is 2.54. The first-order valence-electron chi connectivity index (χ1n) is 6.38. The van der Waals surface area contributed by atoms with E-state index in [2.05, 4.69) is 56.0 Å². The largest absolute Gasteiger partial charge is 0.371 e. The molecule has 0 atom stereocenters. The van der Waals surface area contributed by atoms with Crippen LogP contribution in [0.2, 0.25) is 0 Å². The highest BCUT2D eigenvalue weighted by Crippen LogP contribution is 2.19. The molecule has 0 aliphatic rings. The van der Waals surface area contributed by atoms with Crippen LogP contribution in [0.15, 0.2) is 18.5 Å². The fraction of sp³-hybridized carbons (Fsp3) is 0.643. The Bertz CT molecular complexity index is 334. The zero-order valence-corrected chi connectivity index (χ0v) is 11.7. The maximum absolute atomic E-state index is 4.22. The third-order valence-corrected chi connectivity index (χ3v) is 2.91. The lowest BCUT2D eigenvalue weighted by Crippen LogP contribution is -2.28. The molecule has 0 amide bonds. The first-order chi connectivity index (χ1) is 8.02. The summed E-state index contributed by atoms with van der Waals surface area (Å²) in [4.78, 5) is 6.49. The topological polar surface area (TPSA) is 28.2 Å². The molecule has 0 unspecified atom stereocenters. The number of aromatic nitrogens is 1. The zero-order chi connectivity index (χ0) is 12.8. The fourth-order valence-corrected chi connectivity index (χ4v) is 1.66. The first-order valence-corrected chi connectivity index (χ1v) is 6.38. The highest BCUT2D eigenvalue weighted by Gasteiger charge is 2.09. The van der Waals surface area contributed by atoms with Gasteiger partial charge in [0.15, 0.2) is 0 Å². The molecule has 1 rings (SSSR count). The lowest BCUT2D eigenvalue weighted by Gasteiger charge is -2.26. The van der Waals surface area contributed by atoms with Crippen molar-refractivity contribution in [3.05, 3.63) is 24.0 Å². The van der Waals surface area contributed by atoms with Crippen LogP contribution in [0.25, 0.3) is 0 Å². The molecule has 3 nitrogen and oxygen atoms in total. The molecule has 1 heterocycles. The Morgan fingerprint density at radius 3 is 2.59 bits per heavy atom. The maximum Gasteiger partial charge on any atom is 0.0598 e. The molecule has 0 spiro atoms. The second-order valence-corrected chi connectivity index (χ2v) is 5.23. The van der Waals surface area contributed by atoms with Crippen LogP contribution < -0.4 is 10.2 Å². The quantitative estimate of drug-likeness (QED) is 0.821. The molecule has 3 heteroatoms. The second kappa shape index (κ2) is 6.60. The van der Waals surface area contributed by atoms with Gasteiger partial charge < -0.3 is 10.2 Å². The van der Waals surface area contributed by atoms with E-state index in [4.69, 9.17) is 0 Å². The van der Waals surface area contributed by atoms with Crippen molar-refractivity contribution in [2.24, 2.45) is 5.92 Å². The van der Waals surface area contributed by atoms with Crippen LogP contribution in [0.4, 0.5) is 5.69 Å². The standard InChI is InChI=1S/C14H25N3/c1-11(2)8-16-9-13-6-7-15-10-14(13)17(5)12(3)4/h6-7,10-12,16H,8-9H2,1-5H3. The summed E-state index contributed by atoms with van der Waals surface area (Å²) >= 11 is 0. The Hall–Kier alpha value is -1.09. The van der Waals surface area contributed by atoms with Gasteiger partial charge >= 0.3 is 0 Å². The van der Waals surface area contributed by atoms with Crippen molar-refractivity contribution in [3.8, 4) is 0 Å². The van der Waals surface area contributed by atoms with Gasteiger partial charge in [-0.1, -0.05) is 13.8 Å². The molecule has 17 heavy (non-hydrogen) atoms. The number of anilines is 1. The van der Waals surface area contributed by atoms with Crippen LogP contribution in [0.3, 0.4) is 0 Å². The molecule has 1 N–H and O–H groups in total. The number of hydrogen-bond donors (Lipinski definition) is 1. The van der Waals surface area contributed by atoms with Crippen molar-refractivity contribution >= 4 is 5.69 Å². The molecule has 0 aliphatic heterocycles. The third kappa shape index (κ3) is 4.35. The smallest absolute Gasteiger partial charge is 0.0598 e. The van der Waals surface area contributed by atoms with Gasteiger partial charge in [0.1, 0.15) is 0 Å². The third-order valence-electron chi connectivity index (χ3n) is 2.91. The normalized spacial score (nSPS) is 11.2. The highest BCUT2D eigenvalue weighted by atomic mass is 15.1. The molecular weight excluding hydrogens is 210 g/mol. The molecule has 96 valence electrons. The molecule has 0 saturated carbocycles. The summed E-state index contributed by atoms with van der Waals surface area (Å²) in [6, 6.07) is 2.59. The Labute approximate surface area is 105 Å². The average Bonchev–Trinajstić information content (AvgIpc) is 2.28. The van der Waals surface area contributed by atoms with Gasteiger partial charge in [-0.2, -0.15) is 0 Å². The summed E-state index contributed by atoms with van der Waals surface area (Å²) in [5.74, 6) is 0.683. The molecule has 0 radical (unpaired) electrons. The molecule has 0 aliphatic carbocycles. The van der Waals surface area contributed by atoms with Crippen LogP contribution in [0.1, 0.15) is 33.3 Å². The summed E-state index contributed by atoms with van der Waals surface area (Å²) in [6.07, 6.45) is 3.82. The van der Waals surface area contributed by atoms with Crippen molar-refractivity contribution in [2.45, 2.75) is 40.3 Å². The second-order valence-electron chi connectivity index (χ2n) is 5.23. The van der Waals surface area contributed by atoms with Crippen LogP contribution in [0, 0.1) is 5.92 Å². The molecular formula is C14H25N3. The SMILES string of the molecule is CC(C)CNCc1ccncc1N(C)C(C)C. The van der Waals surface area contributed by atoms with E-state index in [1.54, 1.807) is 0 Å². The predicted octanol–water partition coefficient (Wildman–Crippen LogP) is 2.67. The number of rotatable bonds is 6. The fourth-order valence-electron chi connectivity index (χ4n) is 1.66. The molecule has 0 bridgehead atoms. The van der Waals surface area contributed by atoms with E-state index in [0.29, 0.717) is 12.0 Å². The van der Waals surface area contributed by atoms with E-state index in [1.807, 2.05) is 12.4 Å².